The number of carbonyl (C=O) groups is 1. The van der Waals surface area contributed by atoms with Crippen molar-refractivity contribution in [2.75, 3.05) is 30.7 Å². The van der Waals surface area contributed by atoms with Crippen molar-refractivity contribution >= 4 is 35.0 Å². The third-order valence-corrected chi connectivity index (χ3v) is 8.33. The molecule has 2 atom stereocenters. The van der Waals surface area contributed by atoms with Crippen molar-refractivity contribution in [3.63, 3.8) is 0 Å². The maximum atomic E-state index is 13.9. The Kier molecular flexibility index (Phi) is 6.55. The largest absolute Gasteiger partial charge is 0.502 e. The molecule has 2 aliphatic heterocycles. The summed E-state index contributed by atoms with van der Waals surface area (Å²) < 4.78 is 43.0. The topological polar surface area (TPSA) is 69.0 Å². The van der Waals surface area contributed by atoms with E-state index in [9.17, 15) is 27.9 Å². The molecular weight excluding hydrogens is 541 g/mol. The first-order valence-corrected chi connectivity index (χ1v) is 13.1. The number of anilines is 1. The van der Waals surface area contributed by atoms with Gasteiger partial charge in [-0.15, -0.1) is 11.8 Å². The summed E-state index contributed by atoms with van der Waals surface area (Å²) in [6.45, 7) is 0.406. The molecule has 5 rings (SSSR count). The fraction of sp³-hybridized carbons (Fsp3) is 0.308. The average molecular weight is 565 g/mol. The number of thioether (sulfide) groups is 1. The SMILES string of the molecule is C[C@@H](N1CN([C@@H]2c3ccccc3SCc3cccc(N(C)C)c32)n2cc(Cl)c(=O)c(O)c2C1=O)C(F)(F)F. The van der Waals surface area contributed by atoms with E-state index in [2.05, 4.69) is 0 Å². The second-order valence-electron chi connectivity index (χ2n) is 9.39. The lowest BCUT2D eigenvalue weighted by Gasteiger charge is -2.46. The van der Waals surface area contributed by atoms with Crippen molar-refractivity contribution in [3.05, 3.63) is 86.3 Å². The van der Waals surface area contributed by atoms with E-state index in [1.165, 1.54) is 10.9 Å². The molecule has 7 nitrogen and oxygen atoms in total. The molecular formula is C26H24ClF3N4O3S. The van der Waals surface area contributed by atoms with E-state index in [0.29, 0.717) is 10.7 Å². The first-order valence-electron chi connectivity index (χ1n) is 11.7. The monoisotopic (exact) mass is 564 g/mol. The summed E-state index contributed by atoms with van der Waals surface area (Å²) in [7, 11) is 3.75. The van der Waals surface area contributed by atoms with Gasteiger partial charge in [0.15, 0.2) is 11.4 Å². The van der Waals surface area contributed by atoms with Crippen LogP contribution in [-0.4, -0.2) is 53.6 Å². The molecule has 1 amide bonds. The van der Waals surface area contributed by atoms with E-state index < -0.39 is 47.7 Å². The Bertz CT molecular complexity index is 1490. The fourth-order valence-electron chi connectivity index (χ4n) is 4.96. The predicted octanol–water partition coefficient (Wildman–Crippen LogP) is 4.97. The maximum Gasteiger partial charge on any atom is 0.408 e. The van der Waals surface area contributed by atoms with Gasteiger partial charge in [-0.05, 0) is 30.2 Å². The summed E-state index contributed by atoms with van der Waals surface area (Å²) in [5.74, 6) is -1.50. The molecule has 38 heavy (non-hydrogen) atoms. The van der Waals surface area contributed by atoms with Crippen molar-refractivity contribution in [1.82, 2.24) is 9.58 Å². The molecule has 3 heterocycles. The third-order valence-electron chi connectivity index (χ3n) is 6.92. The Hall–Kier alpha value is -3.31. The molecule has 0 bridgehead atoms. The molecule has 1 aromatic heterocycles. The van der Waals surface area contributed by atoms with E-state index in [0.717, 1.165) is 34.2 Å². The lowest BCUT2D eigenvalue weighted by atomic mass is 9.92. The minimum atomic E-state index is -4.74. The van der Waals surface area contributed by atoms with Crippen LogP contribution in [-0.2, 0) is 5.75 Å². The molecule has 1 N–H and O–H groups in total. The predicted molar refractivity (Wildman–Crippen MR) is 141 cm³/mol. The van der Waals surface area contributed by atoms with Crippen molar-refractivity contribution < 1.29 is 23.1 Å². The molecule has 0 spiro atoms. The van der Waals surface area contributed by atoms with Crippen LogP contribution in [0.2, 0.25) is 5.02 Å². The number of carbonyl (C=O) groups excluding carboxylic acids is 1. The Morgan fingerprint density at radius 2 is 1.84 bits per heavy atom. The quantitative estimate of drug-likeness (QED) is 0.484. The Balaban J connectivity index is 1.85. The second kappa shape index (κ2) is 9.46. The van der Waals surface area contributed by atoms with Crippen LogP contribution >= 0.6 is 23.4 Å². The van der Waals surface area contributed by atoms with Crippen LogP contribution in [0, 0.1) is 0 Å². The number of nitrogens with zero attached hydrogens (tertiary/aromatic N) is 4. The molecule has 0 saturated heterocycles. The van der Waals surface area contributed by atoms with Gasteiger partial charge in [-0.25, -0.2) is 0 Å². The number of amides is 1. The van der Waals surface area contributed by atoms with Crippen LogP contribution in [0.25, 0.3) is 0 Å². The lowest BCUT2D eigenvalue weighted by Crippen LogP contribution is -2.60. The molecule has 0 unspecified atom stereocenters. The van der Waals surface area contributed by atoms with Gasteiger partial charge >= 0.3 is 6.18 Å². The van der Waals surface area contributed by atoms with Crippen LogP contribution in [0.3, 0.4) is 0 Å². The smallest absolute Gasteiger partial charge is 0.408 e. The third kappa shape index (κ3) is 4.17. The number of alkyl halides is 3. The van der Waals surface area contributed by atoms with Crippen LogP contribution < -0.4 is 15.3 Å². The zero-order valence-corrected chi connectivity index (χ0v) is 22.2. The van der Waals surface area contributed by atoms with Crippen molar-refractivity contribution in [3.8, 4) is 5.75 Å². The molecule has 200 valence electrons. The van der Waals surface area contributed by atoms with E-state index in [1.54, 1.807) is 16.8 Å². The van der Waals surface area contributed by atoms with Crippen molar-refractivity contribution in [1.29, 1.82) is 0 Å². The summed E-state index contributed by atoms with van der Waals surface area (Å²) in [5, 5.41) is 11.9. The molecule has 0 aliphatic carbocycles. The first-order chi connectivity index (χ1) is 17.9. The molecule has 12 heteroatoms. The van der Waals surface area contributed by atoms with Crippen LogP contribution in [0.15, 0.2) is 58.4 Å². The number of pyridine rings is 1. The summed E-state index contributed by atoms with van der Waals surface area (Å²) in [4.78, 5) is 29.4. The number of hydrogen-bond donors (Lipinski definition) is 1. The van der Waals surface area contributed by atoms with Crippen LogP contribution in [0.5, 0.6) is 5.75 Å². The minimum absolute atomic E-state index is 0.362. The zero-order valence-electron chi connectivity index (χ0n) is 20.7. The summed E-state index contributed by atoms with van der Waals surface area (Å²) in [5.41, 5.74) is 1.85. The van der Waals surface area contributed by atoms with Crippen LogP contribution in [0.4, 0.5) is 18.9 Å². The highest BCUT2D eigenvalue weighted by Gasteiger charge is 2.48. The lowest BCUT2D eigenvalue weighted by molar-refractivity contribution is -0.173. The Morgan fingerprint density at radius 3 is 2.53 bits per heavy atom. The minimum Gasteiger partial charge on any atom is -0.502 e. The zero-order chi connectivity index (χ0) is 27.5. The molecule has 2 aromatic carbocycles. The highest BCUT2D eigenvalue weighted by atomic mass is 35.5. The Morgan fingerprint density at radius 1 is 1.13 bits per heavy atom. The molecule has 0 radical (unpaired) electrons. The second-order valence-corrected chi connectivity index (χ2v) is 10.8. The first kappa shape index (κ1) is 26.3. The summed E-state index contributed by atoms with van der Waals surface area (Å²) in [6, 6.07) is 10.5. The molecule has 3 aromatic rings. The summed E-state index contributed by atoms with van der Waals surface area (Å²) >= 11 is 7.75. The number of halogens is 4. The highest BCUT2D eigenvalue weighted by Crippen LogP contribution is 2.46. The van der Waals surface area contributed by atoms with Gasteiger partial charge in [-0.1, -0.05) is 41.9 Å². The van der Waals surface area contributed by atoms with E-state index in [-0.39, 0.29) is 5.02 Å². The van der Waals surface area contributed by atoms with Gasteiger partial charge in [-0.3, -0.25) is 19.3 Å². The van der Waals surface area contributed by atoms with Gasteiger partial charge in [0.2, 0.25) is 5.43 Å². The van der Waals surface area contributed by atoms with Gasteiger partial charge in [-0.2, -0.15) is 13.2 Å². The number of aromatic hydroxyl groups is 1. The summed E-state index contributed by atoms with van der Waals surface area (Å²) in [6.07, 6.45) is -3.55. The van der Waals surface area contributed by atoms with Crippen molar-refractivity contribution in [2.24, 2.45) is 0 Å². The van der Waals surface area contributed by atoms with Crippen LogP contribution in [0.1, 0.15) is 40.1 Å². The Labute approximate surface area is 226 Å². The number of aromatic nitrogens is 1. The van der Waals surface area contributed by atoms with Gasteiger partial charge in [0, 0.05) is 42.2 Å². The van der Waals surface area contributed by atoms with Gasteiger partial charge < -0.3 is 14.9 Å². The molecule has 2 aliphatic rings. The van der Waals surface area contributed by atoms with Crippen molar-refractivity contribution in [2.45, 2.75) is 35.8 Å². The number of fused-ring (bicyclic) bond motifs is 3. The number of hydrogen-bond acceptors (Lipinski definition) is 6. The van der Waals surface area contributed by atoms with Gasteiger partial charge in [0.1, 0.15) is 23.8 Å². The fourth-order valence-corrected chi connectivity index (χ4v) is 6.22. The number of benzene rings is 2. The standard InChI is InChI=1S/C26H24ClF3N4O3S/c1-14(26(28,29)30)32-13-34(33-11-17(27)23(35)24(36)22(33)25(32)37)21-16-8-4-5-10-19(16)38-12-15-7-6-9-18(20(15)21)31(2)3/h4-11,14,21,36H,12-13H2,1-3H3/t14-,21-/m1/s1. The molecule has 0 fully saturated rings. The van der Waals surface area contributed by atoms with E-state index in [4.69, 9.17) is 11.6 Å². The van der Waals surface area contributed by atoms with Gasteiger partial charge in [0.05, 0.1) is 0 Å². The number of rotatable bonds is 3. The average Bonchev–Trinajstić information content (AvgIpc) is 3.03. The van der Waals surface area contributed by atoms with E-state index >= 15 is 0 Å². The van der Waals surface area contributed by atoms with Gasteiger partial charge in [0.25, 0.3) is 5.91 Å². The molecule has 0 saturated carbocycles. The highest BCUT2D eigenvalue weighted by molar-refractivity contribution is 7.98. The van der Waals surface area contributed by atoms with E-state index in [1.807, 2.05) is 61.5 Å². The normalized spacial score (nSPS) is 17.9. The maximum absolute atomic E-state index is 13.9.